The molecule has 1 fully saturated rings. The van der Waals surface area contributed by atoms with Crippen LogP contribution in [0.2, 0.25) is 0 Å². The Morgan fingerprint density at radius 3 is 2.89 bits per heavy atom. The van der Waals surface area contributed by atoms with Crippen molar-refractivity contribution in [1.82, 2.24) is 9.78 Å². The van der Waals surface area contributed by atoms with Gasteiger partial charge in [-0.05, 0) is 30.9 Å². The predicted octanol–water partition coefficient (Wildman–Crippen LogP) is 3.36. The van der Waals surface area contributed by atoms with Crippen molar-refractivity contribution in [3.8, 4) is 17.2 Å². The fraction of sp³-hybridized carbons (Fsp3) is 0.333. The Balaban J connectivity index is 1.83. The van der Waals surface area contributed by atoms with Crippen LogP contribution in [0.4, 0.5) is 4.39 Å². The third-order valence-corrected chi connectivity index (χ3v) is 3.71. The molecule has 1 aromatic heterocycles. The monoisotopic (exact) mass is 255 g/mol. The minimum Gasteiger partial charge on any atom is -0.272 e. The molecular weight excluding hydrogens is 241 g/mol. The van der Waals surface area contributed by atoms with Crippen LogP contribution >= 0.6 is 0 Å². The Bertz CT molecular complexity index is 635. The molecule has 1 saturated carbocycles. The number of nitrogens with zero attached hydrogens (tertiary/aromatic N) is 3. The minimum atomic E-state index is -0.373. The molecule has 96 valence electrons. The van der Waals surface area contributed by atoms with Gasteiger partial charge in [0, 0.05) is 23.9 Å². The molecule has 3 rings (SSSR count). The zero-order valence-electron chi connectivity index (χ0n) is 10.5. The lowest BCUT2D eigenvalue weighted by Crippen LogP contribution is -2.18. The van der Waals surface area contributed by atoms with E-state index in [0.717, 1.165) is 18.0 Å². The largest absolute Gasteiger partial charge is 0.272 e. The number of nitriles is 1. The van der Waals surface area contributed by atoms with Crippen LogP contribution in [0.15, 0.2) is 30.6 Å². The molecule has 0 saturated heterocycles. The zero-order valence-corrected chi connectivity index (χ0v) is 10.5. The van der Waals surface area contributed by atoms with E-state index in [-0.39, 0.29) is 5.82 Å². The average Bonchev–Trinajstić information content (AvgIpc) is 2.82. The van der Waals surface area contributed by atoms with E-state index in [2.05, 4.69) is 5.10 Å². The second kappa shape index (κ2) is 4.85. The Morgan fingerprint density at radius 2 is 2.26 bits per heavy atom. The first kappa shape index (κ1) is 11.9. The highest BCUT2D eigenvalue weighted by Crippen LogP contribution is 2.29. The standard InChI is InChI=1S/C15H14FN3/c16-15-6-12(7-17)4-5-14(15)13-8-18-19(10-13)9-11-2-1-3-11/h4-6,8,10-11H,1-3,9H2. The van der Waals surface area contributed by atoms with E-state index in [1.165, 1.54) is 25.3 Å². The first-order valence-corrected chi connectivity index (χ1v) is 6.49. The minimum absolute atomic E-state index is 0.336. The molecule has 0 atom stereocenters. The maximum atomic E-state index is 13.9. The van der Waals surface area contributed by atoms with E-state index in [9.17, 15) is 4.39 Å². The van der Waals surface area contributed by atoms with Crippen LogP contribution < -0.4 is 0 Å². The maximum absolute atomic E-state index is 13.9. The third kappa shape index (κ3) is 2.37. The molecule has 2 aromatic rings. The summed E-state index contributed by atoms with van der Waals surface area (Å²) in [5.41, 5.74) is 1.60. The Morgan fingerprint density at radius 1 is 1.42 bits per heavy atom. The molecule has 0 bridgehead atoms. The van der Waals surface area contributed by atoms with Crippen molar-refractivity contribution in [3.63, 3.8) is 0 Å². The van der Waals surface area contributed by atoms with Gasteiger partial charge in [-0.2, -0.15) is 10.4 Å². The topological polar surface area (TPSA) is 41.6 Å². The molecule has 1 heterocycles. The van der Waals surface area contributed by atoms with Crippen LogP contribution in [0.25, 0.3) is 11.1 Å². The highest BCUT2D eigenvalue weighted by atomic mass is 19.1. The summed E-state index contributed by atoms with van der Waals surface area (Å²) in [6.45, 7) is 0.915. The van der Waals surface area contributed by atoms with Crippen molar-refractivity contribution in [2.24, 2.45) is 5.92 Å². The zero-order chi connectivity index (χ0) is 13.2. The van der Waals surface area contributed by atoms with Crippen LogP contribution in [0, 0.1) is 23.1 Å². The van der Waals surface area contributed by atoms with E-state index in [4.69, 9.17) is 5.26 Å². The Hall–Kier alpha value is -2.15. The van der Waals surface area contributed by atoms with Crippen molar-refractivity contribution in [3.05, 3.63) is 42.0 Å². The summed E-state index contributed by atoms with van der Waals surface area (Å²) in [5.74, 6) is 0.348. The van der Waals surface area contributed by atoms with Gasteiger partial charge in [0.1, 0.15) is 5.82 Å². The van der Waals surface area contributed by atoms with Crippen LogP contribution in [0.5, 0.6) is 0 Å². The molecule has 0 amide bonds. The summed E-state index contributed by atoms with van der Waals surface area (Å²) < 4.78 is 15.8. The first-order chi connectivity index (χ1) is 9.26. The fourth-order valence-electron chi connectivity index (χ4n) is 2.36. The molecule has 4 heteroatoms. The highest BCUT2D eigenvalue weighted by Gasteiger charge is 2.18. The van der Waals surface area contributed by atoms with E-state index in [1.807, 2.05) is 16.9 Å². The number of rotatable bonds is 3. The van der Waals surface area contributed by atoms with E-state index >= 15 is 0 Å². The number of halogens is 1. The molecule has 0 N–H and O–H groups in total. The van der Waals surface area contributed by atoms with Crippen molar-refractivity contribution >= 4 is 0 Å². The van der Waals surface area contributed by atoms with Gasteiger partial charge >= 0.3 is 0 Å². The molecule has 1 aliphatic carbocycles. The molecule has 1 aromatic carbocycles. The van der Waals surface area contributed by atoms with Crippen LogP contribution in [0.1, 0.15) is 24.8 Å². The van der Waals surface area contributed by atoms with Crippen LogP contribution in [0.3, 0.4) is 0 Å². The normalized spacial score (nSPS) is 14.9. The number of hydrogen-bond acceptors (Lipinski definition) is 2. The molecule has 0 unspecified atom stereocenters. The van der Waals surface area contributed by atoms with Crippen molar-refractivity contribution < 1.29 is 4.39 Å². The van der Waals surface area contributed by atoms with Gasteiger partial charge in [-0.25, -0.2) is 4.39 Å². The van der Waals surface area contributed by atoms with Gasteiger partial charge in [-0.3, -0.25) is 4.68 Å². The molecule has 0 aliphatic heterocycles. The smallest absolute Gasteiger partial charge is 0.132 e. The second-order valence-corrected chi connectivity index (χ2v) is 5.05. The fourth-order valence-corrected chi connectivity index (χ4v) is 2.36. The van der Waals surface area contributed by atoms with Gasteiger partial charge in [-0.15, -0.1) is 0 Å². The van der Waals surface area contributed by atoms with E-state index in [1.54, 1.807) is 18.3 Å². The number of aromatic nitrogens is 2. The maximum Gasteiger partial charge on any atom is 0.132 e. The summed E-state index contributed by atoms with van der Waals surface area (Å²) in [7, 11) is 0. The van der Waals surface area contributed by atoms with E-state index in [0.29, 0.717) is 11.1 Å². The predicted molar refractivity (Wildman–Crippen MR) is 69.7 cm³/mol. The SMILES string of the molecule is N#Cc1ccc(-c2cnn(CC3CCC3)c2)c(F)c1. The lowest BCUT2D eigenvalue weighted by atomic mass is 9.85. The number of hydrogen-bond donors (Lipinski definition) is 0. The lowest BCUT2D eigenvalue weighted by molar-refractivity contribution is 0.266. The average molecular weight is 255 g/mol. The van der Waals surface area contributed by atoms with Gasteiger partial charge in [0.15, 0.2) is 0 Å². The highest BCUT2D eigenvalue weighted by molar-refractivity contribution is 5.63. The van der Waals surface area contributed by atoms with Crippen LogP contribution in [-0.4, -0.2) is 9.78 Å². The van der Waals surface area contributed by atoms with Crippen molar-refractivity contribution in [2.45, 2.75) is 25.8 Å². The van der Waals surface area contributed by atoms with E-state index < -0.39 is 0 Å². The van der Waals surface area contributed by atoms with Crippen LogP contribution in [-0.2, 0) is 6.54 Å². The second-order valence-electron chi connectivity index (χ2n) is 5.05. The van der Waals surface area contributed by atoms with Gasteiger partial charge in [0.25, 0.3) is 0 Å². The quantitative estimate of drug-likeness (QED) is 0.843. The van der Waals surface area contributed by atoms with Crippen molar-refractivity contribution in [1.29, 1.82) is 5.26 Å². The van der Waals surface area contributed by atoms with Gasteiger partial charge in [0.05, 0.1) is 17.8 Å². The summed E-state index contributed by atoms with van der Waals surface area (Å²) in [6.07, 6.45) is 7.40. The molecule has 0 spiro atoms. The molecular formula is C15H14FN3. The summed E-state index contributed by atoms with van der Waals surface area (Å²) in [6, 6.07) is 6.46. The third-order valence-electron chi connectivity index (χ3n) is 3.71. The van der Waals surface area contributed by atoms with Crippen molar-refractivity contribution in [2.75, 3.05) is 0 Å². The summed E-state index contributed by atoms with van der Waals surface area (Å²) in [4.78, 5) is 0. The Kier molecular flexibility index (Phi) is 3.04. The molecule has 3 nitrogen and oxygen atoms in total. The molecule has 19 heavy (non-hydrogen) atoms. The van der Waals surface area contributed by atoms with Gasteiger partial charge < -0.3 is 0 Å². The lowest BCUT2D eigenvalue weighted by Gasteiger charge is -2.24. The molecule has 1 aliphatic rings. The number of benzene rings is 1. The molecule has 0 radical (unpaired) electrons. The van der Waals surface area contributed by atoms with Gasteiger partial charge in [-0.1, -0.05) is 12.5 Å². The summed E-state index contributed by atoms with van der Waals surface area (Å²) >= 11 is 0. The first-order valence-electron chi connectivity index (χ1n) is 6.49. The Labute approximate surface area is 111 Å². The summed E-state index contributed by atoms with van der Waals surface area (Å²) in [5, 5.41) is 13.0. The van der Waals surface area contributed by atoms with Gasteiger partial charge in [0.2, 0.25) is 0 Å².